The summed E-state index contributed by atoms with van der Waals surface area (Å²) in [5, 5.41) is 2.99. The van der Waals surface area contributed by atoms with Crippen LogP contribution in [-0.2, 0) is 0 Å². The second kappa shape index (κ2) is 5.14. The Bertz CT molecular complexity index is 569. The first kappa shape index (κ1) is 11.8. The van der Waals surface area contributed by atoms with Crippen molar-refractivity contribution in [2.45, 2.75) is 6.42 Å². The standard InChI is InChI=1S/C14H15N3O2/c1-15-11-8-16-14(17-9-11)10-3-4-12-13(7-10)19-6-2-5-18-12/h3-4,7-9,15H,2,5-6H2,1H3. The highest BCUT2D eigenvalue weighted by atomic mass is 16.5. The molecular weight excluding hydrogens is 242 g/mol. The fraction of sp³-hybridized carbons (Fsp3) is 0.286. The van der Waals surface area contributed by atoms with Crippen LogP contribution in [0.25, 0.3) is 11.4 Å². The number of nitrogens with one attached hydrogen (secondary N) is 1. The summed E-state index contributed by atoms with van der Waals surface area (Å²) in [6.45, 7) is 1.37. The Hall–Kier alpha value is -2.30. The van der Waals surface area contributed by atoms with E-state index in [1.807, 2.05) is 25.2 Å². The second-order valence-corrected chi connectivity index (χ2v) is 4.26. The van der Waals surface area contributed by atoms with Gasteiger partial charge in [-0.2, -0.15) is 0 Å². The lowest BCUT2D eigenvalue weighted by molar-refractivity contribution is 0.297. The summed E-state index contributed by atoms with van der Waals surface area (Å²) in [6.07, 6.45) is 4.41. The summed E-state index contributed by atoms with van der Waals surface area (Å²) < 4.78 is 11.3. The molecule has 5 nitrogen and oxygen atoms in total. The van der Waals surface area contributed by atoms with Crippen molar-refractivity contribution in [1.29, 1.82) is 0 Å². The number of hydrogen-bond donors (Lipinski definition) is 1. The van der Waals surface area contributed by atoms with Crippen LogP contribution in [0, 0.1) is 0 Å². The molecule has 2 aromatic rings. The summed E-state index contributed by atoms with van der Waals surface area (Å²) in [4.78, 5) is 8.64. The third-order valence-electron chi connectivity index (χ3n) is 2.95. The topological polar surface area (TPSA) is 56.3 Å². The van der Waals surface area contributed by atoms with E-state index in [0.29, 0.717) is 19.0 Å². The second-order valence-electron chi connectivity index (χ2n) is 4.26. The van der Waals surface area contributed by atoms with Crippen LogP contribution in [0.15, 0.2) is 30.6 Å². The molecule has 5 heteroatoms. The molecule has 98 valence electrons. The van der Waals surface area contributed by atoms with Gasteiger partial charge in [-0.25, -0.2) is 9.97 Å². The first-order valence-electron chi connectivity index (χ1n) is 6.26. The van der Waals surface area contributed by atoms with Crippen molar-refractivity contribution in [3.63, 3.8) is 0 Å². The van der Waals surface area contributed by atoms with Gasteiger partial charge in [0, 0.05) is 19.0 Å². The maximum absolute atomic E-state index is 5.66. The number of anilines is 1. The van der Waals surface area contributed by atoms with E-state index in [1.54, 1.807) is 12.4 Å². The Morgan fingerprint density at radius 2 is 1.79 bits per heavy atom. The zero-order chi connectivity index (χ0) is 13.1. The van der Waals surface area contributed by atoms with Crippen LogP contribution in [0.3, 0.4) is 0 Å². The van der Waals surface area contributed by atoms with Crippen LogP contribution in [0.2, 0.25) is 0 Å². The Balaban J connectivity index is 1.94. The summed E-state index contributed by atoms with van der Waals surface area (Å²) in [6, 6.07) is 5.78. The Labute approximate surface area is 111 Å². The molecule has 0 unspecified atom stereocenters. The van der Waals surface area contributed by atoms with Crippen LogP contribution in [-0.4, -0.2) is 30.2 Å². The van der Waals surface area contributed by atoms with E-state index >= 15 is 0 Å². The minimum atomic E-state index is 0.676. The minimum absolute atomic E-state index is 0.676. The quantitative estimate of drug-likeness (QED) is 0.895. The fourth-order valence-corrected chi connectivity index (χ4v) is 1.91. The first-order valence-corrected chi connectivity index (χ1v) is 6.26. The minimum Gasteiger partial charge on any atom is -0.490 e. The van der Waals surface area contributed by atoms with Gasteiger partial charge in [0.05, 0.1) is 31.3 Å². The van der Waals surface area contributed by atoms with Gasteiger partial charge in [-0.3, -0.25) is 0 Å². The van der Waals surface area contributed by atoms with Gasteiger partial charge in [0.15, 0.2) is 17.3 Å². The highest BCUT2D eigenvalue weighted by Crippen LogP contribution is 2.33. The summed E-state index contributed by atoms with van der Waals surface area (Å²) in [7, 11) is 1.84. The molecule has 0 fully saturated rings. The van der Waals surface area contributed by atoms with E-state index < -0.39 is 0 Å². The maximum Gasteiger partial charge on any atom is 0.161 e. The molecule has 1 aliphatic rings. The summed E-state index contributed by atoms with van der Waals surface area (Å²) in [5.74, 6) is 2.22. The number of rotatable bonds is 2. The predicted molar refractivity (Wildman–Crippen MR) is 72.6 cm³/mol. The molecule has 0 bridgehead atoms. The molecule has 0 radical (unpaired) electrons. The van der Waals surface area contributed by atoms with Crippen molar-refractivity contribution in [2.75, 3.05) is 25.6 Å². The van der Waals surface area contributed by atoms with E-state index in [-0.39, 0.29) is 0 Å². The molecule has 2 heterocycles. The Morgan fingerprint density at radius 1 is 1.05 bits per heavy atom. The average Bonchev–Trinajstić information content (AvgIpc) is 2.72. The van der Waals surface area contributed by atoms with Crippen molar-refractivity contribution in [1.82, 2.24) is 9.97 Å². The summed E-state index contributed by atoms with van der Waals surface area (Å²) in [5.41, 5.74) is 1.81. The molecule has 0 saturated heterocycles. The molecule has 19 heavy (non-hydrogen) atoms. The number of fused-ring (bicyclic) bond motifs is 1. The molecule has 1 aromatic heterocycles. The molecule has 0 saturated carbocycles. The summed E-state index contributed by atoms with van der Waals surface area (Å²) >= 11 is 0. The van der Waals surface area contributed by atoms with E-state index in [2.05, 4.69) is 15.3 Å². The number of nitrogens with zero attached hydrogens (tertiary/aromatic N) is 2. The van der Waals surface area contributed by atoms with Gasteiger partial charge in [0.25, 0.3) is 0 Å². The third kappa shape index (κ3) is 2.45. The van der Waals surface area contributed by atoms with Crippen molar-refractivity contribution in [2.24, 2.45) is 0 Å². The van der Waals surface area contributed by atoms with E-state index in [0.717, 1.165) is 29.2 Å². The highest BCUT2D eigenvalue weighted by molar-refractivity contribution is 5.61. The molecular formula is C14H15N3O2. The number of hydrogen-bond acceptors (Lipinski definition) is 5. The largest absolute Gasteiger partial charge is 0.490 e. The normalized spacial score (nSPS) is 13.7. The van der Waals surface area contributed by atoms with Gasteiger partial charge in [-0.1, -0.05) is 0 Å². The highest BCUT2D eigenvalue weighted by Gasteiger charge is 2.12. The van der Waals surface area contributed by atoms with Crippen molar-refractivity contribution < 1.29 is 9.47 Å². The van der Waals surface area contributed by atoms with Crippen LogP contribution < -0.4 is 14.8 Å². The van der Waals surface area contributed by atoms with Gasteiger partial charge in [0.1, 0.15) is 0 Å². The van der Waals surface area contributed by atoms with Crippen LogP contribution in [0.4, 0.5) is 5.69 Å². The number of benzene rings is 1. The molecule has 0 aliphatic carbocycles. The van der Waals surface area contributed by atoms with E-state index in [1.165, 1.54) is 0 Å². The zero-order valence-electron chi connectivity index (χ0n) is 10.7. The molecule has 0 spiro atoms. The smallest absolute Gasteiger partial charge is 0.161 e. The Kier molecular flexibility index (Phi) is 3.18. The molecule has 0 atom stereocenters. The van der Waals surface area contributed by atoms with Gasteiger partial charge in [0.2, 0.25) is 0 Å². The monoisotopic (exact) mass is 257 g/mol. The van der Waals surface area contributed by atoms with Crippen LogP contribution >= 0.6 is 0 Å². The van der Waals surface area contributed by atoms with Crippen molar-refractivity contribution in [3.05, 3.63) is 30.6 Å². The van der Waals surface area contributed by atoms with Crippen molar-refractivity contribution >= 4 is 5.69 Å². The molecule has 1 N–H and O–H groups in total. The molecule has 3 rings (SSSR count). The van der Waals surface area contributed by atoms with Gasteiger partial charge in [-0.05, 0) is 18.2 Å². The zero-order valence-corrected chi connectivity index (χ0v) is 10.7. The van der Waals surface area contributed by atoms with Crippen LogP contribution in [0.1, 0.15) is 6.42 Å². The molecule has 1 aliphatic heterocycles. The SMILES string of the molecule is CNc1cnc(-c2ccc3c(c2)OCCCO3)nc1. The lowest BCUT2D eigenvalue weighted by atomic mass is 10.2. The third-order valence-corrected chi connectivity index (χ3v) is 2.95. The van der Waals surface area contributed by atoms with E-state index in [9.17, 15) is 0 Å². The number of aromatic nitrogens is 2. The predicted octanol–water partition coefficient (Wildman–Crippen LogP) is 2.35. The lowest BCUT2D eigenvalue weighted by Gasteiger charge is -2.08. The van der Waals surface area contributed by atoms with E-state index in [4.69, 9.17) is 9.47 Å². The van der Waals surface area contributed by atoms with Gasteiger partial charge >= 0.3 is 0 Å². The Morgan fingerprint density at radius 3 is 2.53 bits per heavy atom. The van der Waals surface area contributed by atoms with Crippen LogP contribution in [0.5, 0.6) is 11.5 Å². The first-order chi connectivity index (χ1) is 9.36. The lowest BCUT2D eigenvalue weighted by Crippen LogP contribution is -1.97. The maximum atomic E-state index is 5.66. The van der Waals surface area contributed by atoms with Crippen molar-refractivity contribution in [3.8, 4) is 22.9 Å². The average molecular weight is 257 g/mol. The fourth-order valence-electron chi connectivity index (χ4n) is 1.91. The molecule has 1 aromatic carbocycles. The van der Waals surface area contributed by atoms with Gasteiger partial charge < -0.3 is 14.8 Å². The van der Waals surface area contributed by atoms with Gasteiger partial charge in [-0.15, -0.1) is 0 Å². The number of ether oxygens (including phenoxy) is 2. The molecule has 0 amide bonds.